The molecule has 0 atom stereocenters. The molecule has 1 aromatic heterocycles. The van der Waals surface area contributed by atoms with Gasteiger partial charge in [0.05, 0.1) is 12.1 Å². The van der Waals surface area contributed by atoms with Gasteiger partial charge in [-0.25, -0.2) is 9.78 Å². The average molecular weight is 490 g/mol. The van der Waals surface area contributed by atoms with E-state index in [0.717, 1.165) is 39.5 Å². The molecule has 0 fully saturated rings. The Labute approximate surface area is 186 Å². The molecule has 0 unspecified atom stereocenters. The van der Waals surface area contributed by atoms with Crippen molar-refractivity contribution in [3.05, 3.63) is 64.4 Å². The maximum absolute atomic E-state index is 12.1. The summed E-state index contributed by atoms with van der Waals surface area (Å²) >= 11 is 3.56. The van der Waals surface area contributed by atoms with Crippen LogP contribution in [0.4, 0.5) is 4.79 Å². The van der Waals surface area contributed by atoms with E-state index >= 15 is 0 Å². The van der Waals surface area contributed by atoms with E-state index in [-0.39, 0.29) is 13.2 Å². The van der Waals surface area contributed by atoms with Crippen molar-refractivity contribution in [2.24, 2.45) is 0 Å². The van der Waals surface area contributed by atoms with Gasteiger partial charge < -0.3 is 19.4 Å². The summed E-state index contributed by atoms with van der Waals surface area (Å²) in [5, 5.41) is 2.80. The molecule has 0 aliphatic rings. The molecular formula is C22H28BrN3O3Si. The molecule has 2 aromatic carbocycles. The zero-order chi connectivity index (χ0) is 21.6. The topological polar surface area (TPSA) is 65.4 Å². The van der Waals surface area contributed by atoms with Gasteiger partial charge in [0.15, 0.2) is 0 Å². The van der Waals surface area contributed by atoms with Crippen molar-refractivity contribution in [1.29, 1.82) is 0 Å². The number of rotatable bonds is 9. The zero-order valence-electron chi connectivity index (χ0n) is 17.7. The van der Waals surface area contributed by atoms with Gasteiger partial charge in [-0.05, 0) is 39.7 Å². The fourth-order valence-corrected chi connectivity index (χ4v) is 4.10. The monoisotopic (exact) mass is 489 g/mol. The van der Waals surface area contributed by atoms with Crippen LogP contribution < -0.4 is 5.32 Å². The van der Waals surface area contributed by atoms with Crippen molar-refractivity contribution in [3.8, 4) is 0 Å². The van der Waals surface area contributed by atoms with Gasteiger partial charge in [0, 0.05) is 19.2 Å². The average Bonchev–Trinajstić information content (AvgIpc) is 3.07. The molecule has 0 spiro atoms. The molecule has 3 rings (SSSR count). The predicted octanol–water partition coefficient (Wildman–Crippen LogP) is 5.54. The second-order valence-corrected chi connectivity index (χ2v) is 14.8. The third kappa shape index (κ3) is 6.42. The summed E-state index contributed by atoms with van der Waals surface area (Å²) in [7, 11) is -1.15. The van der Waals surface area contributed by atoms with Gasteiger partial charge in [0.1, 0.15) is 24.7 Å². The first-order chi connectivity index (χ1) is 14.3. The minimum absolute atomic E-state index is 0.231. The third-order valence-electron chi connectivity index (χ3n) is 4.63. The number of hydrogen-bond acceptors (Lipinski definition) is 4. The van der Waals surface area contributed by atoms with Gasteiger partial charge in [0.2, 0.25) is 0 Å². The number of ether oxygens (including phenoxy) is 2. The lowest BCUT2D eigenvalue weighted by Crippen LogP contribution is -2.26. The summed E-state index contributed by atoms with van der Waals surface area (Å²) in [4.78, 5) is 16.9. The van der Waals surface area contributed by atoms with Crippen LogP contribution in [-0.2, 0) is 29.4 Å². The number of imidazole rings is 1. The predicted molar refractivity (Wildman–Crippen MR) is 125 cm³/mol. The van der Waals surface area contributed by atoms with Gasteiger partial charge in [-0.1, -0.05) is 56.0 Å². The molecule has 1 heterocycles. The molecular weight excluding hydrogens is 462 g/mol. The minimum atomic E-state index is -1.15. The first-order valence-electron chi connectivity index (χ1n) is 9.99. The summed E-state index contributed by atoms with van der Waals surface area (Å²) in [6.45, 7) is 8.59. The molecule has 3 aromatic rings. The number of amides is 1. The summed E-state index contributed by atoms with van der Waals surface area (Å²) in [5.74, 6) is 0.724. The van der Waals surface area contributed by atoms with Gasteiger partial charge in [-0.3, -0.25) is 0 Å². The van der Waals surface area contributed by atoms with E-state index in [0.29, 0.717) is 6.73 Å². The number of carbonyl (C=O) groups is 1. The number of nitrogens with zero attached hydrogens (tertiary/aromatic N) is 2. The van der Waals surface area contributed by atoms with Crippen molar-refractivity contribution in [3.63, 3.8) is 0 Å². The lowest BCUT2D eigenvalue weighted by molar-refractivity contribution is 0.0873. The molecule has 0 aliphatic carbocycles. The highest BCUT2D eigenvalue weighted by molar-refractivity contribution is 9.10. The standard InChI is InChI=1S/C22H28BrN3O3Si/c1-30(2,3)13-12-28-16-26-19-11-7-10-18(23)21(19)25-20(26)14-24-22(27)29-15-17-8-5-4-6-9-17/h4-11H,12-16H2,1-3H3,(H,24,27). The zero-order valence-corrected chi connectivity index (χ0v) is 20.2. The van der Waals surface area contributed by atoms with Crippen LogP contribution in [0.3, 0.4) is 0 Å². The number of fused-ring (bicyclic) bond motifs is 1. The Hall–Kier alpha value is -2.16. The van der Waals surface area contributed by atoms with Gasteiger partial charge in [-0.2, -0.15) is 0 Å². The lowest BCUT2D eigenvalue weighted by atomic mass is 10.2. The maximum atomic E-state index is 12.1. The van der Waals surface area contributed by atoms with Crippen LogP contribution in [0.25, 0.3) is 11.0 Å². The van der Waals surface area contributed by atoms with E-state index in [1.165, 1.54) is 0 Å². The van der Waals surface area contributed by atoms with E-state index in [1.54, 1.807) is 0 Å². The molecule has 1 amide bonds. The Morgan fingerprint density at radius 1 is 1.13 bits per heavy atom. The second kappa shape index (κ2) is 10.2. The minimum Gasteiger partial charge on any atom is -0.445 e. The Bertz CT molecular complexity index is 986. The van der Waals surface area contributed by atoms with Gasteiger partial charge >= 0.3 is 6.09 Å². The maximum Gasteiger partial charge on any atom is 0.407 e. The van der Waals surface area contributed by atoms with E-state index in [1.807, 2.05) is 53.1 Å². The first-order valence-corrected chi connectivity index (χ1v) is 14.5. The molecule has 160 valence electrons. The van der Waals surface area contributed by atoms with Gasteiger partial charge in [0.25, 0.3) is 0 Å². The van der Waals surface area contributed by atoms with Crippen LogP contribution in [-0.4, -0.2) is 30.3 Å². The van der Waals surface area contributed by atoms with Crippen LogP contribution in [0, 0.1) is 0 Å². The van der Waals surface area contributed by atoms with Crippen LogP contribution in [0.15, 0.2) is 53.0 Å². The van der Waals surface area contributed by atoms with E-state index in [2.05, 4.69) is 40.9 Å². The second-order valence-electron chi connectivity index (χ2n) is 8.33. The molecule has 0 saturated heterocycles. The molecule has 30 heavy (non-hydrogen) atoms. The largest absolute Gasteiger partial charge is 0.445 e. The number of halogens is 1. The molecule has 0 aliphatic heterocycles. The fourth-order valence-electron chi connectivity index (χ4n) is 2.90. The molecule has 8 heteroatoms. The highest BCUT2D eigenvalue weighted by Crippen LogP contribution is 2.24. The molecule has 0 saturated carbocycles. The highest BCUT2D eigenvalue weighted by Gasteiger charge is 2.16. The number of hydrogen-bond donors (Lipinski definition) is 1. The van der Waals surface area contributed by atoms with Crippen LogP contribution in [0.5, 0.6) is 0 Å². The number of alkyl carbamates (subject to hydrolysis) is 1. The van der Waals surface area contributed by atoms with Crippen molar-refractivity contribution < 1.29 is 14.3 Å². The fraction of sp³-hybridized carbons (Fsp3) is 0.364. The van der Waals surface area contributed by atoms with Crippen LogP contribution >= 0.6 is 15.9 Å². The number of para-hydroxylation sites is 1. The molecule has 1 N–H and O–H groups in total. The lowest BCUT2D eigenvalue weighted by Gasteiger charge is -2.16. The van der Waals surface area contributed by atoms with Crippen molar-refractivity contribution >= 4 is 41.1 Å². The van der Waals surface area contributed by atoms with E-state index in [9.17, 15) is 4.79 Å². The summed E-state index contributed by atoms with van der Waals surface area (Å²) < 4.78 is 14.2. The number of carbonyl (C=O) groups excluding carboxylic acids is 1. The Balaban J connectivity index is 1.64. The third-order valence-corrected chi connectivity index (χ3v) is 6.97. The Morgan fingerprint density at radius 2 is 1.90 bits per heavy atom. The van der Waals surface area contributed by atoms with Crippen molar-refractivity contribution in [1.82, 2.24) is 14.9 Å². The number of nitrogens with one attached hydrogen (secondary N) is 1. The van der Waals surface area contributed by atoms with Crippen LogP contribution in [0.1, 0.15) is 11.4 Å². The highest BCUT2D eigenvalue weighted by atomic mass is 79.9. The Kier molecular flexibility index (Phi) is 7.68. The molecule has 0 radical (unpaired) electrons. The summed E-state index contributed by atoms with van der Waals surface area (Å²) in [5.41, 5.74) is 2.76. The smallest absolute Gasteiger partial charge is 0.407 e. The van der Waals surface area contributed by atoms with Crippen molar-refractivity contribution in [2.75, 3.05) is 6.61 Å². The van der Waals surface area contributed by atoms with Crippen molar-refractivity contribution in [2.45, 2.75) is 45.6 Å². The quantitative estimate of drug-likeness (QED) is 0.316. The Morgan fingerprint density at radius 3 is 2.63 bits per heavy atom. The van der Waals surface area contributed by atoms with Crippen LogP contribution in [0.2, 0.25) is 25.7 Å². The first kappa shape index (κ1) is 22.5. The molecule has 0 bridgehead atoms. The normalized spacial score (nSPS) is 11.6. The molecule has 6 nitrogen and oxygen atoms in total. The van der Waals surface area contributed by atoms with Gasteiger partial charge in [-0.15, -0.1) is 0 Å². The summed E-state index contributed by atoms with van der Waals surface area (Å²) in [6, 6.07) is 16.6. The number of benzene rings is 2. The number of aromatic nitrogens is 2. The van der Waals surface area contributed by atoms with E-state index < -0.39 is 14.2 Å². The summed E-state index contributed by atoms with van der Waals surface area (Å²) in [6.07, 6.45) is -0.476. The van der Waals surface area contributed by atoms with E-state index in [4.69, 9.17) is 14.5 Å². The SMILES string of the molecule is C[Si](C)(C)CCOCn1c(CNC(=O)OCc2ccccc2)nc2c(Br)cccc21.